The van der Waals surface area contributed by atoms with E-state index in [1.165, 1.54) is 24.8 Å². The first-order valence-electron chi connectivity index (χ1n) is 7.26. The Morgan fingerprint density at radius 3 is 2.35 bits per heavy atom. The molecule has 1 unspecified atom stereocenters. The monoisotopic (exact) mass is 285 g/mol. The highest BCUT2D eigenvalue weighted by atomic mass is 35.5. The van der Waals surface area contributed by atoms with Crippen molar-refractivity contribution in [2.24, 2.45) is 5.73 Å². The van der Waals surface area contributed by atoms with Crippen molar-refractivity contribution in [2.45, 2.75) is 38.1 Å². The zero-order chi connectivity index (χ0) is 14.1. The number of halogens is 1. The van der Waals surface area contributed by atoms with Gasteiger partial charge in [0, 0.05) is 5.02 Å². The maximum atomic E-state index is 6.36. The van der Waals surface area contributed by atoms with Crippen molar-refractivity contribution in [3.8, 4) is 0 Å². The van der Waals surface area contributed by atoms with Crippen LogP contribution in [0.15, 0.2) is 42.5 Å². The summed E-state index contributed by atoms with van der Waals surface area (Å²) in [7, 11) is 0. The summed E-state index contributed by atoms with van der Waals surface area (Å²) in [5, 5.41) is 0.751. The lowest BCUT2D eigenvalue weighted by Gasteiger charge is -2.26. The van der Waals surface area contributed by atoms with Gasteiger partial charge in [-0.25, -0.2) is 0 Å². The molecule has 0 aromatic heterocycles. The minimum absolute atomic E-state index is 0.154. The lowest BCUT2D eigenvalue weighted by Crippen LogP contribution is -2.13. The molecule has 1 aliphatic carbocycles. The van der Waals surface area contributed by atoms with Gasteiger partial charge in [-0.3, -0.25) is 0 Å². The number of hydrogen-bond acceptors (Lipinski definition) is 1. The van der Waals surface area contributed by atoms with E-state index in [-0.39, 0.29) is 6.04 Å². The molecule has 0 radical (unpaired) electrons. The molecule has 1 fully saturated rings. The molecule has 2 aromatic carbocycles. The molecule has 0 saturated heterocycles. The van der Waals surface area contributed by atoms with E-state index in [0.717, 1.165) is 27.6 Å². The highest BCUT2D eigenvalue weighted by Gasteiger charge is 2.20. The lowest BCUT2D eigenvalue weighted by molar-refractivity contribution is 0.419. The van der Waals surface area contributed by atoms with Gasteiger partial charge >= 0.3 is 0 Å². The van der Waals surface area contributed by atoms with Crippen LogP contribution in [0.5, 0.6) is 0 Å². The van der Waals surface area contributed by atoms with Crippen molar-refractivity contribution in [2.75, 3.05) is 0 Å². The standard InChI is InChI=1S/C18H20ClN/c1-12-5-10-16(17(19)11-12)18(20)15-8-6-14(7-9-15)13-3-2-4-13/h5-11,13,18H,2-4,20H2,1H3. The van der Waals surface area contributed by atoms with E-state index in [2.05, 4.69) is 30.3 Å². The van der Waals surface area contributed by atoms with E-state index in [1.54, 1.807) is 0 Å². The van der Waals surface area contributed by atoms with E-state index in [0.29, 0.717) is 0 Å². The van der Waals surface area contributed by atoms with Crippen LogP contribution in [-0.4, -0.2) is 0 Å². The molecule has 0 bridgehead atoms. The fourth-order valence-electron chi connectivity index (χ4n) is 2.78. The fraction of sp³-hybridized carbons (Fsp3) is 0.333. The van der Waals surface area contributed by atoms with Gasteiger partial charge in [-0.2, -0.15) is 0 Å². The Hall–Kier alpha value is -1.31. The predicted molar refractivity (Wildman–Crippen MR) is 85.3 cm³/mol. The number of hydrogen-bond donors (Lipinski definition) is 1. The molecule has 1 aliphatic rings. The molecule has 2 N–H and O–H groups in total. The van der Waals surface area contributed by atoms with Gasteiger partial charge in [0.25, 0.3) is 0 Å². The van der Waals surface area contributed by atoms with Crippen LogP contribution in [0.4, 0.5) is 0 Å². The number of aryl methyl sites for hydroxylation is 1. The Labute approximate surface area is 125 Å². The molecule has 1 saturated carbocycles. The summed E-state index contributed by atoms with van der Waals surface area (Å²) >= 11 is 6.31. The lowest BCUT2D eigenvalue weighted by atomic mass is 9.79. The minimum atomic E-state index is -0.154. The van der Waals surface area contributed by atoms with Crippen LogP contribution >= 0.6 is 11.6 Å². The normalized spacial score (nSPS) is 16.8. The Morgan fingerprint density at radius 2 is 1.80 bits per heavy atom. The molecule has 0 heterocycles. The van der Waals surface area contributed by atoms with Crippen LogP contribution in [-0.2, 0) is 0 Å². The zero-order valence-corrected chi connectivity index (χ0v) is 12.5. The Balaban J connectivity index is 1.84. The molecule has 2 heteroatoms. The average molecular weight is 286 g/mol. The molecule has 20 heavy (non-hydrogen) atoms. The van der Waals surface area contributed by atoms with Gasteiger partial charge in [-0.15, -0.1) is 0 Å². The van der Waals surface area contributed by atoms with Crippen LogP contribution in [0.25, 0.3) is 0 Å². The number of nitrogens with two attached hydrogens (primary N) is 1. The SMILES string of the molecule is Cc1ccc(C(N)c2ccc(C3CCC3)cc2)c(Cl)c1. The summed E-state index contributed by atoms with van der Waals surface area (Å²) in [6, 6.07) is 14.6. The van der Waals surface area contributed by atoms with Crippen molar-refractivity contribution in [3.63, 3.8) is 0 Å². The maximum Gasteiger partial charge on any atom is 0.0566 e. The van der Waals surface area contributed by atoms with E-state index in [9.17, 15) is 0 Å². The third-order valence-electron chi connectivity index (χ3n) is 4.36. The minimum Gasteiger partial charge on any atom is -0.320 e. The zero-order valence-electron chi connectivity index (χ0n) is 11.8. The predicted octanol–water partition coefficient (Wildman–Crippen LogP) is 4.96. The molecule has 0 aliphatic heterocycles. The largest absolute Gasteiger partial charge is 0.320 e. The van der Waals surface area contributed by atoms with Crippen LogP contribution in [0.1, 0.15) is 53.5 Å². The van der Waals surface area contributed by atoms with Gasteiger partial charge in [0.05, 0.1) is 6.04 Å². The molecule has 1 nitrogen and oxygen atoms in total. The van der Waals surface area contributed by atoms with E-state index in [4.69, 9.17) is 17.3 Å². The van der Waals surface area contributed by atoms with Crippen molar-refractivity contribution in [1.82, 2.24) is 0 Å². The quantitative estimate of drug-likeness (QED) is 0.847. The third kappa shape index (κ3) is 2.61. The highest BCUT2D eigenvalue weighted by molar-refractivity contribution is 6.31. The van der Waals surface area contributed by atoms with Crippen molar-refractivity contribution in [1.29, 1.82) is 0 Å². The summed E-state index contributed by atoms with van der Waals surface area (Å²) in [5.74, 6) is 0.767. The molecule has 0 amide bonds. The average Bonchev–Trinajstić information content (AvgIpc) is 2.37. The second-order valence-corrected chi connectivity index (χ2v) is 6.20. The van der Waals surface area contributed by atoms with Gasteiger partial charge in [-0.05, 0) is 54.0 Å². The summed E-state index contributed by atoms with van der Waals surface area (Å²) in [6.45, 7) is 2.04. The number of benzene rings is 2. The second-order valence-electron chi connectivity index (χ2n) is 5.80. The van der Waals surface area contributed by atoms with Gasteiger partial charge in [-0.1, -0.05) is 54.4 Å². The van der Waals surface area contributed by atoms with Crippen molar-refractivity contribution in [3.05, 3.63) is 69.7 Å². The van der Waals surface area contributed by atoms with Crippen LogP contribution < -0.4 is 5.73 Å². The molecular weight excluding hydrogens is 266 g/mol. The topological polar surface area (TPSA) is 26.0 Å². The van der Waals surface area contributed by atoms with E-state index >= 15 is 0 Å². The van der Waals surface area contributed by atoms with E-state index < -0.39 is 0 Å². The Kier molecular flexibility index (Phi) is 3.82. The summed E-state index contributed by atoms with van der Waals surface area (Å²) in [6.07, 6.45) is 4.02. The Bertz CT molecular complexity index is 599. The van der Waals surface area contributed by atoms with Crippen molar-refractivity contribution >= 4 is 11.6 Å². The maximum absolute atomic E-state index is 6.36. The first-order chi connectivity index (χ1) is 9.65. The third-order valence-corrected chi connectivity index (χ3v) is 4.69. The summed E-state index contributed by atoms with van der Waals surface area (Å²) < 4.78 is 0. The van der Waals surface area contributed by atoms with Crippen LogP contribution in [0, 0.1) is 6.92 Å². The van der Waals surface area contributed by atoms with Crippen LogP contribution in [0.3, 0.4) is 0 Å². The molecule has 104 valence electrons. The smallest absolute Gasteiger partial charge is 0.0566 e. The molecule has 3 rings (SSSR count). The van der Waals surface area contributed by atoms with Gasteiger partial charge < -0.3 is 5.73 Å². The molecule has 1 atom stereocenters. The number of rotatable bonds is 3. The van der Waals surface area contributed by atoms with Gasteiger partial charge in [0.15, 0.2) is 0 Å². The highest BCUT2D eigenvalue weighted by Crippen LogP contribution is 2.37. The molecule has 0 spiro atoms. The van der Waals surface area contributed by atoms with Crippen molar-refractivity contribution < 1.29 is 0 Å². The summed E-state index contributed by atoms with van der Waals surface area (Å²) in [4.78, 5) is 0. The van der Waals surface area contributed by atoms with Gasteiger partial charge in [0.2, 0.25) is 0 Å². The first kappa shape index (κ1) is 13.7. The summed E-state index contributed by atoms with van der Waals surface area (Å²) in [5.41, 5.74) is 11.1. The Morgan fingerprint density at radius 1 is 1.10 bits per heavy atom. The van der Waals surface area contributed by atoms with Gasteiger partial charge in [0.1, 0.15) is 0 Å². The molecular formula is C18H20ClN. The first-order valence-corrected chi connectivity index (χ1v) is 7.64. The second kappa shape index (κ2) is 5.59. The fourth-order valence-corrected chi connectivity index (χ4v) is 3.13. The van der Waals surface area contributed by atoms with Crippen LogP contribution in [0.2, 0.25) is 5.02 Å². The molecule has 2 aromatic rings. The van der Waals surface area contributed by atoms with E-state index in [1.807, 2.05) is 19.1 Å².